The number of rotatable bonds is 2. The van der Waals surface area contributed by atoms with Crippen LogP contribution in [-0.2, 0) is 0 Å². The number of amides is 2. The molecule has 0 aliphatic rings. The van der Waals surface area contributed by atoms with E-state index in [1.807, 2.05) is 6.92 Å². The van der Waals surface area contributed by atoms with E-state index >= 15 is 0 Å². The van der Waals surface area contributed by atoms with E-state index in [0.717, 1.165) is 6.54 Å². The fourth-order valence-corrected chi connectivity index (χ4v) is 0.308. The van der Waals surface area contributed by atoms with Crippen molar-refractivity contribution in [1.29, 1.82) is 0 Å². The Morgan fingerprint density at radius 1 is 1.67 bits per heavy atom. The van der Waals surface area contributed by atoms with Crippen molar-refractivity contribution in [2.45, 2.75) is 6.92 Å². The summed E-state index contributed by atoms with van der Waals surface area (Å²) in [6.45, 7) is 2.75. The lowest BCUT2D eigenvalue weighted by molar-refractivity contribution is 0.204. The number of nitrogens with one attached hydrogen (secondary N) is 2. The monoisotopic (exact) mass is 131 g/mol. The van der Waals surface area contributed by atoms with Crippen LogP contribution in [0.4, 0.5) is 4.79 Å². The van der Waals surface area contributed by atoms with Crippen molar-refractivity contribution in [3.8, 4) is 0 Å². The molecular formula is C5H13N3O. The number of nitrogens with zero attached hydrogens (tertiary/aromatic N) is 1. The van der Waals surface area contributed by atoms with Gasteiger partial charge in [0.25, 0.3) is 0 Å². The lowest BCUT2D eigenvalue weighted by Crippen LogP contribution is -2.43. The Kier molecular flexibility index (Phi) is 3.79. The SMILES string of the molecule is CCN(C)NC(=O)NC. The molecule has 0 saturated carbocycles. The first-order chi connectivity index (χ1) is 4.20. The maximum Gasteiger partial charge on any atom is 0.329 e. The van der Waals surface area contributed by atoms with Gasteiger partial charge in [-0.15, -0.1) is 0 Å². The summed E-state index contributed by atoms with van der Waals surface area (Å²) in [6, 6.07) is -0.181. The van der Waals surface area contributed by atoms with E-state index < -0.39 is 0 Å². The van der Waals surface area contributed by atoms with Gasteiger partial charge in [0.1, 0.15) is 0 Å². The highest BCUT2D eigenvalue weighted by atomic mass is 16.2. The normalized spacial score (nSPS) is 9.33. The average Bonchev–Trinajstić information content (AvgIpc) is 1.87. The first-order valence-electron chi connectivity index (χ1n) is 2.90. The summed E-state index contributed by atoms with van der Waals surface area (Å²) < 4.78 is 0. The van der Waals surface area contributed by atoms with Gasteiger partial charge in [0.15, 0.2) is 0 Å². The van der Waals surface area contributed by atoms with Gasteiger partial charge in [0.05, 0.1) is 0 Å². The molecular weight excluding hydrogens is 118 g/mol. The molecule has 0 aromatic carbocycles. The van der Waals surface area contributed by atoms with Gasteiger partial charge in [0.2, 0.25) is 0 Å². The van der Waals surface area contributed by atoms with Crippen LogP contribution >= 0.6 is 0 Å². The molecule has 0 rings (SSSR count). The van der Waals surface area contributed by atoms with Gasteiger partial charge in [-0.1, -0.05) is 6.92 Å². The Bertz CT molecular complexity index is 94.2. The molecule has 54 valence electrons. The highest BCUT2D eigenvalue weighted by Gasteiger charge is 1.96. The van der Waals surface area contributed by atoms with E-state index in [1.165, 1.54) is 0 Å². The second-order valence-electron chi connectivity index (χ2n) is 1.71. The first-order valence-corrected chi connectivity index (χ1v) is 2.90. The van der Waals surface area contributed by atoms with Crippen molar-refractivity contribution in [2.75, 3.05) is 20.6 Å². The molecule has 2 amide bonds. The van der Waals surface area contributed by atoms with E-state index in [0.29, 0.717) is 0 Å². The minimum Gasteiger partial charge on any atom is -0.340 e. The topological polar surface area (TPSA) is 44.4 Å². The van der Waals surface area contributed by atoms with Gasteiger partial charge in [-0.25, -0.2) is 9.80 Å². The summed E-state index contributed by atoms with van der Waals surface area (Å²) in [7, 11) is 3.38. The minimum atomic E-state index is -0.181. The largest absolute Gasteiger partial charge is 0.340 e. The number of carbonyl (C=O) groups is 1. The van der Waals surface area contributed by atoms with Crippen molar-refractivity contribution < 1.29 is 4.79 Å². The molecule has 4 heteroatoms. The maximum atomic E-state index is 10.5. The summed E-state index contributed by atoms with van der Waals surface area (Å²) in [5.41, 5.74) is 2.56. The summed E-state index contributed by atoms with van der Waals surface area (Å²) >= 11 is 0. The zero-order valence-corrected chi connectivity index (χ0v) is 6.06. The molecule has 0 aliphatic carbocycles. The van der Waals surface area contributed by atoms with Gasteiger partial charge >= 0.3 is 6.03 Å². The van der Waals surface area contributed by atoms with Crippen LogP contribution in [0.2, 0.25) is 0 Å². The number of hydrazine groups is 1. The van der Waals surface area contributed by atoms with E-state index in [9.17, 15) is 4.79 Å². The molecule has 0 aromatic heterocycles. The second kappa shape index (κ2) is 4.14. The van der Waals surface area contributed by atoms with Crippen LogP contribution in [-0.4, -0.2) is 31.7 Å². The van der Waals surface area contributed by atoms with E-state index in [4.69, 9.17) is 0 Å². The minimum absolute atomic E-state index is 0.181. The van der Waals surface area contributed by atoms with Gasteiger partial charge < -0.3 is 5.32 Å². The molecule has 0 fully saturated rings. The summed E-state index contributed by atoms with van der Waals surface area (Å²) in [6.07, 6.45) is 0. The molecule has 0 aromatic rings. The van der Waals surface area contributed by atoms with Crippen LogP contribution in [0, 0.1) is 0 Å². The quantitative estimate of drug-likeness (QED) is 0.509. The third-order valence-electron chi connectivity index (χ3n) is 0.994. The van der Waals surface area contributed by atoms with Gasteiger partial charge in [-0.05, 0) is 0 Å². The molecule has 0 spiro atoms. The molecule has 4 nitrogen and oxygen atoms in total. The van der Waals surface area contributed by atoms with Crippen LogP contribution in [0.3, 0.4) is 0 Å². The summed E-state index contributed by atoms with van der Waals surface area (Å²) in [4.78, 5) is 10.5. The zero-order chi connectivity index (χ0) is 7.28. The summed E-state index contributed by atoms with van der Waals surface area (Å²) in [5, 5.41) is 4.13. The fourth-order valence-electron chi connectivity index (χ4n) is 0.308. The van der Waals surface area contributed by atoms with Crippen LogP contribution in [0.1, 0.15) is 6.92 Å². The molecule has 0 radical (unpaired) electrons. The smallest absolute Gasteiger partial charge is 0.329 e. The van der Waals surface area contributed by atoms with Crippen molar-refractivity contribution >= 4 is 6.03 Å². The lowest BCUT2D eigenvalue weighted by Gasteiger charge is -2.14. The lowest BCUT2D eigenvalue weighted by atomic mass is 10.7. The van der Waals surface area contributed by atoms with Gasteiger partial charge in [-0.3, -0.25) is 5.43 Å². The predicted molar refractivity (Wildman–Crippen MR) is 35.9 cm³/mol. The van der Waals surface area contributed by atoms with Gasteiger partial charge in [-0.2, -0.15) is 0 Å². The van der Waals surface area contributed by atoms with E-state index in [1.54, 1.807) is 19.1 Å². The molecule has 2 N–H and O–H groups in total. The van der Waals surface area contributed by atoms with Crippen LogP contribution < -0.4 is 10.7 Å². The predicted octanol–water partition coefficient (Wildman–Crippen LogP) is -0.218. The highest BCUT2D eigenvalue weighted by Crippen LogP contribution is 1.70. The Hall–Kier alpha value is -0.770. The number of hydrogen-bond acceptors (Lipinski definition) is 2. The molecule has 9 heavy (non-hydrogen) atoms. The maximum absolute atomic E-state index is 10.5. The first kappa shape index (κ1) is 8.23. The van der Waals surface area contributed by atoms with Gasteiger partial charge in [0, 0.05) is 20.6 Å². The van der Waals surface area contributed by atoms with Crippen molar-refractivity contribution in [1.82, 2.24) is 15.8 Å². The van der Waals surface area contributed by atoms with Crippen molar-refractivity contribution in [3.63, 3.8) is 0 Å². The number of carbonyl (C=O) groups excluding carboxylic acids is 1. The van der Waals surface area contributed by atoms with Crippen LogP contribution in [0.15, 0.2) is 0 Å². The van der Waals surface area contributed by atoms with E-state index in [2.05, 4.69) is 10.7 Å². The summed E-state index contributed by atoms with van der Waals surface area (Å²) in [5.74, 6) is 0. The Labute approximate surface area is 55.2 Å². The Balaban J connectivity index is 3.34. The number of hydrogen-bond donors (Lipinski definition) is 2. The van der Waals surface area contributed by atoms with E-state index in [-0.39, 0.29) is 6.03 Å². The van der Waals surface area contributed by atoms with Crippen molar-refractivity contribution in [3.05, 3.63) is 0 Å². The Morgan fingerprint density at radius 2 is 2.22 bits per heavy atom. The van der Waals surface area contributed by atoms with Crippen molar-refractivity contribution in [2.24, 2.45) is 0 Å². The molecule has 0 bridgehead atoms. The number of urea groups is 1. The zero-order valence-electron chi connectivity index (χ0n) is 6.06. The highest BCUT2D eigenvalue weighted by molar-refractivity contribution is 5.72. The average molecular weight is 131 g/mol. The van der Waals surface area contributed by atoms with Crippen LogP contribution in [0.25, 0.3) is 0 Å². The fraction of sp³-hybridized carbons (Fsp3) is 0.800. The molecule has 0 heterocycles. The molecule has 0 atom stereocenters. The standard InChI is InChI=1S/C5H13N3O/c1-4-8(3)7-5(9)6-2/h4H2,1-3H3,(H2,6,7,9). The third kappa shape index (κ3) is 3.78. The molecule has 0 unspecified atom stereocenters. The molecule has 0 aliphatic heterocycles. The third-order valence-corrected chi connectivity index (χ3v) is 0.994. The molecule has 0 saturated heterocycles. The Morgan fingerprint density at radius 3 is 2.56 bits per heavy atom. The second-order valence-corrected chi connectivity index (χ2v) is 1.71. The van der Waals surface area contributed by atoms with Crippen LogP contribution in [0.5, 0.6) is 0 Å².